The lowest BCUT2D eigenvalue weighted by Gasteiger charge is -2.19. The van der Waals surface area contributed by atoms with Gasteiger partial charge in [-0.25, -0.2) is 8.42 Å². The van der Waals surface area contributed by atoms with E-state index in [0.717, 1.165) is 6.07 Å². The zero-order chi connectivity index (χ0) is 23.6. The number of hydrogen-bond donors (Lipinski definition) is 2. The molecule has 0 bridgehead atoms. The Labute approximate surface area is 184 Å². The molecule has 0 spiro atoms. The zero-order valence-electron chi connectivity index (χ0n) is 17.7. The molecule has 32 heavy (non-hydrogen) atoms. The first-order chi connectivity index (χ1) is 15.1. The Balaban J connectivity index is 2.12. The molecular formula is C21H22N4O6S. The minimum absolute atomic E-state index is 0.0127. The van der Waals surface area contributed by atoms with Crippen molar-refractivity contribution in [3.05, 3.63) is 74.1 Å². The van der Waals surface area contributed by atoms with Crippen molar-refractivity contribution in [1.29, 1.82) is 0 Å². The number of nitrogens with zero attached hydrogens (tertiary/aromatic N) is 2. The van der Waals surface area contributed by atoms with Gasteiger partial charge in [0.1, 0.15) is 0 Å². The number of fused-ring (bicyclic) bond motifs is 1. The number of rotatable bonds is 7. The van der Waals surface area contributed by atoms with Gasteiger partial charge in [-0.2, -0.15) is 4.31 Å². The third-order valence-corrected chi connectivity index (χ3v) is 7.13. The summed E-state index contributed by atoms with van der Waals surface area (Å²) in [6.07, 6.45) is 0. The van der Waals surface area contributed by atoms with Crippen LogP contribution in [0.15, 0.2) is 52.2 Å². The van der Waals surface area contributed by atoms with Crippen LogP contribution in [0.4, 0.5) is 11.4 Å². The number of nitrogens with one attached hydrogen (secondary N) is 2. The third-order valence-electron chi connectivity index (χ3n) is 5.08. The molecule has 2 N–H and O–H groups in total. The molecule has 1 aromatic heterocycles. The van der Waals surface area contributed by atoms with Gasteiger partial charge in [-0.15, -0.1) is 0 Å². The van der Waals surface area contributed by atoms with E-state index in [1.165, 1.54) is 40.7 Å². The Morgan fingerprint density at radius 1 is 1.12 bits per heavy atom. The molecule has 11 heteroatoms. The lowest BCUT2D eigenvalue weighted by atomic mass is 10.1. The fourth-order valence-electron chi connectivity index (χ4n) is 3.34. The number of hydrogen-bond acceptors (Lipinski definition) is 6. The SMILES string of the molecule is CCN(CC)S(=O)(=O)c1ccc2[nH]c(=O)cc(C(=O)Nc3cc([N+](=O)[O-])ccc3C)c2c1. The van der Waals surface area contributed by atoms with Crippen molar-refractivity contribution in [3.63, 3.8) is 0 Å². The summed E-state index contributed by atoms with van der Waals surface area (Å²) in [5.41, 5.74) is 0.294. The van der Waals surface area contributed by atoms with E-state index in [4.69, 9.17) is 0 Å². The van der Waals surface area contributed by atoms with Crippen LogP contribution in [0.1, 0.15) is 29.8 Å². The highest BCUT2D eigenvalue weighted by Crippen LogP contribution is 2.25. The molecule has 0 unspecified atom stereocenters. The van der Waals surface area contributed by atoms with Crippen molar-refractivity contribution < 1.29 is 18.1 Å². The average Bonchev–Trinajstić information content (AvgIpc) is 2.74. The molecule has 1 amide bonds. The normalized spacial score (nSPS) is 11.6. The smallest absolute Gasteiger partial charge is 0.271 e. The maximum atomic E-state index is 13.0. The number of H-pyrrole nitrogens is 1. The van der Waals surface area contributed by atoms with Gasteiger partial charge in [-0.1, -0.05) is 19.9 Å². The Kier molecular flexibility index (Phi) is 6.42. The number of nitro benzene ring substituents is 1. The molecule has 2 aromatic carbocycles. The summed E-state index contributed by atoms with van der Waals surface area (Å²) in [5.74, 6) is -0.693. The predicted octanol–water partition coefficient (Wildman–Crippen LogP) is 3.03. The monoisotopic (exact) mass is 458 g/mol. The molecule has 1 heterocycles. The van der Waals surface area contributed by atoms with E-state index < -0.39 is 26.4 Å². The van der Waals surface area contributed by atoms with Crippen molar-refractivity contribution in [3.8, 4) is 0 Å². The number of non-ortho nitro benzene ring substituents is 1. The molecule has 3 aromatic rings. The van der Waals surface area contributed by atoms with Crippen molar-refractivity contribution in [2.24, 2.45) is 0 Å². The summed E-state index contributed by atoms with van der Waals surface area (Å²) in [6.45, 7) is 5.67. The number of aryl methyl sites for hydroxylation is 1. The fraction of sp³-hybridized carbons (Fsp3) is 0.238. The van der Waals surface area contributed by atoms with E-state index in [1.54, 1.807) is 20.8 Å². The second kappa shape index (κ2) is 8.89. The molecule has 0 fully saturated rings. The van der Waals surface area contributed by atoms with Gasteiger partial charge in [0, 0.05) is 42.2 Å². The summed E-state index contributed by atoms with van der Waals surface area (Å²) in [7, 11) is -3.79. The molecule has 10 nitrogen and oxygen atoms in total. The quantitative estimate of drug-likeness (QED) is 0.412. The molecule has 168 valence electrons. The number of aromatic amines is 1. The highest BCUT2D eigenvalue weighted by Gasteiger charge is 2.23. The Morgan fingerprint density at radius 3 is 2.44 bits per heavy atom. The summed E-state index contributed by atoms with van der Waals surface area (Å²) < 4.78 is 27.1. The van der Waals surface area contributed by atoms with Gasteiger partial charge in [0.05, 0.1) is 21.1 Å². The van der Waals surface area contributed by atoms with Gasteiger partial charge in [0.2, 0.25) is 15.6 Å². The Bertz CT molecular complexity index is 1380. The van der Waals surface area contributed by atoms with Crippen LogP contribution in [0.3, 0.4) is 0 Å². The summed E-state index contributed by atoms with van der Waals surface area (Å²) >= 11 is 0. The molecule has 0 aliphatic heterocycles. The van der Waals surface area contributed by atoms with Crippen LogP contribution in [-0.2, 0) is 10.0 Å². The number of amides is 1. The number of anilines is 1. The van der Waals surface area contributed by atoms with Crippen LogP contribution in [0, 0.1) is 17.0 Å². The van der Waals surface area contributed by atoms with Crippen molar-refractivity contribution >= 4 is 38.2 Å². The molecule has 3 rings (SSSR count). The number of carbonyl (C=O) groups excluding carboxylic acids is 1. The third kappa shape index (κ3) is 4.39. The summed E-state index contributed by atoms with van der Waals surface area (Å²) in [6, 6.07) is 9.25. The molecule has 0 atom stereocenters. The van der Waals surface area contributed by atoms with E-state index in [2.05, 4.69) is 10.3 Å². The molecular weight excluding hydrogens is 436 g/mol. The van der Waals surface area contributed by atoms with Crippen molar-refractivity contribution in [1.82, 2.24) is 9.29 Å². The number of benzene rings is 2. The number of sulfonamides is 1. The number of nitro groups is 1. The van der Waals surface area contributed by atoms with Crippen molar-refractivity contribution in [2.75, 3.05) is 18.4 Å². The average molecular weight is 458 g/mol. The highest BCUT2D eigenvalue weighted by atomic mass is 32.2. The lowest BCUT2D eigenvalue weighted by Crippen LogP contribution is -2.30. The van der Waals surface area contributed by atoms with Crippen LogP contribution in [-0.4, -0.2) is 41.6 Å². The summed E-state index contributed by atoms with van der Waals surface area (Å²) in [5, 5.41) is 13.9. The Morgan fingerprint density at radius 2 is 1.81 bits per heavy atom. The second-order valence-corrected chi connectivity index (χ2v) is 8.99. The molecule has 0 aliphatic carbocycles. The number of aromatic nitrogens is 1. The maximum absolute atomic E-state index is 13.0. The van der Waals surface area contributed by atoms with Gasteiger partial charge in [0.15, 0.2) is 0 Å². The van der Waals surface area contributed by atoms with Crippen LogP contribution in [0.2, 0.25) is 0 Å². The van der Waals surface area contributed by atoms with E-state index in [9.17, 15) is 28.1 Å². The number of carbonyl (C=O) groups is 1. The van der Waals surface area contributed by atoms with E-state index in [0.29, 0.717) is 5.56 Å². The van der Waals surface area contributed by atoms with Crippen LogP contribution in [0.25, 0.3) is 10.9 Å². The Hall–Kier alpha value is -3.57. The maximum Gasteiger partial charge on any atom is 0.271 e. The van der Waals surface area contributed by atoms with Gasteiger partial charge >= 0.3 is 0 Å². The minimum Gasteiger partial charge on any atom is -0.322 e. The molecule has 0 aliphatic rings. The van der Waals surface area contributed by atoms with Crippen LogP contribution in [0.5, 0.6) is 0 Å². The second-order valence-electron chi connectivity index (χ2n) is 7.05. The standard InChI is InChI=1S/C21H22N4O6S/c1-4-24(5-2)32(30,31)15-8-9-18-16(11-15)17(12-20(26)22-18)21(27)23-19-10-14(25(28)29)7-6-13(19)3/h6-12H,4-5H2,1-3H3,(H,22,26)(H,23,27). The van der Waals surface area contributed by atoms with Gasteiger partial charge in [-0.05, 0) is 30.7 Å². The first-order valence-corrected chi connectivity index (χ1v) is 11.3. The predicted molar refractivity (Wildman–Crippen MR) is 120 cm³/mol. The van der Waals surface area contributed by atoms with E-state index >= 15 is 0 Å². The fourth-order valence-corrected chi connectivity index (χ4v) is 4.83. The highest BCUT2D eigenvalue weighted by molar-refractivity contribution is 7.89. The first kappa shape index (κ1) is 23.1. The lowest BCUT2D eigenvalue weighted by molar-refractivity contribution is -0.384. The summed E-state index contributed by atoms with van der Waals surface area (Å²) in [4.78, 5) is 38.2. The molecule has 0 saturated carbocycles. The van der Waals surface area contributed by atoms with Gasteiger partial charge in [-0.3, -0.25) is 19.7 Å². The minimum atomic E-state index is -3.79. The van der Waals surface area contributed by atoms with Crippen molar-refractivity contribution in [2.45, 2.75) is 25.7 Å². The first-order valence-electron chi connectivity index (χ1n) is 9.82. The number of pyridine rings is 1. The van der Waals surface area contributed by atoms with E-state index in [-0.39, 0.29) is 45.8 Å². The van der Waals surface area contributed by atoms with Crippen LogP contribution >= 0.6 is 0 Å². The molecule has 0 radical (unpaired) electrons. The van der Waals surface area contributed by atoms with Gasteiger partial charge in [0.25, 0.3) is 11.6 Å². The van der Waals surface area contributed by atoms with Crippen LogP contribution < -0.4 is 10.9 Å². The van der Waals surface area contributed by atoms with Gasteiger partial charge < -0.3 is 10.3 Å². The molecule has 0 saturated heterocycles. The van der Waals surface area contributed by atoms with E-state index in [1.807, 2.05) is 0 Å². The zero-order valence-corrected chi connectivity index (χ0v) is 18.5. The topological polar surface area (TPSA) is 142 Å². The largest absolute Gasteiger partial charge is 0.322 e.